The van der Waals surface area contributed by atoms with E-state index in [2.05, 4.69) is 38.4 Å². The molecule has 16 heavy (non-hydrogen) atoms. The molecule has 0 atom stereocenters. The Hall–Kier alpha value is 0.270. The van der Waals surface area contributed by atoms with E-state index in [9.17, 15) is 0 Å². The van der Waals surface area contributed by atoms with Gasteiger partial charge in [-0.1, -0.05) is 13.8 Å². The summed E-state index contributed by atoms with van der Waals surface area (Å²) in [4.78, 5) is 2.53. The minimum absolute atomic E-state index is 0.388. The number of rotatable bonds is 6. The van der Waals surface area contributed by atoms with Crippen molar-refractivity contribution < 1.29 is 4.74 Å². The lowest BCUT2D eigenvalue weighted by Crippen LogP contribution is -2.44. The Kier molecular flexibility index (Phi) is 6.16. The molecule has 0 unspecified atom stereocenters. The predicted molar refractivity (Wildman–Crippen MR) is 73.3 cm³/mol. The lowest BCUT2D eigenvalue weighted by molar-refractivity contribution is 0.00481. The summed E-state index contributed by atoms with van der Waals surface area (Å²) in [5.74, 6) is 0.987. The zero-order valence-corrected chi connectivity index (χ0v) is 11.9. The summed E-state index contributed by atoms with van der Waals surface area (Å²) in [7, 11) is 2.26. The SMILES string of the molecule is CCC(CC)N(C)CC1(CS)CCOCC1. The molecule has 0 N–H and O–H groups in total. The molecule has 0 aromatic rings. The van der Waals surface area contributed by atoms with Crippen LogP contribution in [0.4, 0.5) is 0 Å². The van der Waals surface area contributed by atoms with Crippen LogP contribution in [-0.2, 0) is 4.74 Å². The first-order valence-electron chi connectivity index (χ1n) is 6.56. The molecule has 96 valence electrons. The quantitative estimate of drug-likeness (QED) is 0.723. The van der Waals surface area contributed by atoms with Gasteiger partial charge < -0.3 is 9.64 Å². The highest BCUT2D eigenvalue weighted by molar-refractivity contribution is 7.80. The fourth-order valence-corrected chi connectivity index (χ4v) is 3.16. The largest absolute Gasteiger partial charge is 0.381 e. The van der Waals surface area contributed by atoms with Crippen LogP contribution in [0.25, 0.3) is 0 Å². The van der Waals surface area contributed by atoms with E-state index >= 15 is 0 Å². The highest BCUT2D eigenvalue weighted by atomic mass is 32.1. The second kappa shape index (κ2) is 6.87. The van der Waals surface area contributed by atoms with E-state index in [0.717, 1.165) is 25.0 Å². The van der Waals surface area contributed by atoms with E-state index in [-0.39, 0.29) is 0 Å². The van der Waals surface area contributed by atoms with Crippen LogP contribution in [0.2, 0.25) is 0 Å². The van der Waals surface area contributed by atoms with E-state index in [0.29, 0.717) is 5.41 Å². The second-order valence-corrected chi connectivity index (χ2v) is 5.47. The van der Waals surface area contributed by atoms with Crippen LogP contribution in [-0.4, -0.2) is 43.5 Å². The van der Waals surface area contributed by atoms with Crippen LogP contribution in [0.1, 0.15) is 39.5 Å². The lowest BCUT2D eigenvalue weighted by Gasteiger charge is -2.41. The van der Waals surface area contributed by atoms with Gasteiger partial charge in [-0.3, -0.25) is 0 Å². The van der Waals surface area contributed by atoms with Crippen LogP contribution in [0.3, 0.4) is 0 Å². The molecule has 0 radical (unpaired) electrons. The van der Waals surface area contributed by atoms with Crippen LogP contribution in [0.15, 0.2) is 0 Å². The van der Waals surface area contributed by atoms with Gasteiger partial charge in [-0.2, -0.15) is 12.6 Å². The minimum Gasteiger partial charge on any atom is -0.381 e. The van der Waals surface area contributed by atoms with Gasteiger partial charge in [0.1, 0.15) is 0 Å². The molecule has 0 spiro atoms. The molecule has 1 heterocycles. The van der Waals surface area contributed by atoms with Crippen LogP contribution in [0.5, 0.6) is 0 Å². The highest BCUT2D eigenvalue weighted by Gasteiger charge is 2.33. The average Bonchev–Trinajstić information content (AvgIpc) is 2.32. The molecule has 3 heteroatoms. The van der Waals surface area contributed by atoms with E-state index in [1.54, 1.807) is 0 Å². The number of nitrogens with zero attached hydrogens (tertiary/aromatic N) is 1. The molecular formula is C13H27NOS. The van der Waals surface area contributed by atoms with Crippen molar-refractivity contribution >= 4 is 12.6 Å². The molecule has 1 fully saturated rings. The molecule has 0 amide bonds. The van der Waals surface area contributed by atoms with Crippen LogP contribution in [0, 0.1) is 5.41 Å². The van der Waals surface area contributed by atoms with E-state index in [1.807, 2.05) is 0 Å². The number of ether oxygens (including phenoxy) is 1. The summed E-state index contributed by atoms with van der Waals surface area (Å²) < 4.78 is 5.47. The van der Waals surface area contributed by atoms with Crippen molar-refractivity contribution in [2.75, 3.05) is 32.6 Å². The third kappa shape index (κ3) is 3.64. The van der Waals surface area contributed by atoms with Gasteiger partial charge in [-0.05, 0) is 43.9 Å². The highest BCUT2D eigenvalue weighted by Crippen LogP contribution is 2.33. The monoisotopic (exact) mass is 245 g/mol. The molecule has 0 aromatic heterocycles. The topological polar surface area (TPSA) is 12.5 Å². The van der Waals surface area contributed by atoms with Gasteiger partial charge in [-0.25, -0.2) is 0 Å². The van der Waals surface area contributed by atoms with E-state index in [1.165, 1.54) is 32.2 Å². The number of hydrogen-bond acceptors (Lipinski definition) is 3. The Bertz CT molecular complexity index is 188. The van der Waals surface area contributed by atoms with Gasteiger partial charge in [-0.15, -0.1) is 0 Å². The second-order valence-electron chi connectivity index (χ2n) is 5.16. The average molecular weight is 245 g/mol. The van der Waals surface area contributed by atoms with Gasteiger partial charge in [0, 0.05) is 25.8 Å². The van der Waals surface area contributed by atoms with Crippen molar-refractivity contribution in [2.45, 2.75) is 45.6 Å². The Morgan fingerprint density at radius 1 is 1.25 bits per heavy atom. The first-order chi connectivity index (χ1) is 7.67. The summed E-state index contributed by atoms with van der Waals surface area (Å²) in [6.07, 6.45) is 4.82. The Balaban J connectivity index is 2.54. The zero-order chi connectivity index (χ0) is 12.0. The fraction of sp³-hybridized carbons (Fsp3) is 1.00. The molecule has 1 aliphatic heterocycles. The maximum atomic E-state index is 5.47. The van der Waals surface area contributed by atoms with Gasteiger partial charge in [0.2, 0.25) is 0 Å². The molecule has 0 aromatic carbocycles. The summed E-state index contributed by atoms with van der Waals surface area (Å²) in [5.41, 5.74) is 0.388. The maximum absolute atomic E-state index is 5.47. The van der Waals surface area contributed by atoms with Crippen molar-refractivity contribution in [2.24, 2.45) is 5.41 Å². The zero-order valence-electron chi connectivity index (χ0n) is 11.0. The lowest BCUT2D eigenvalue weighted by atomic mass is 9.81. The predicted octanol–water partition coefficient (Wildman–Crippen LogP) is 2.83. The fourth-order valence-electron chi connectivity index (χ4n) is 2.74. The standard InChI is InChI=1S/C13H27NOS/c1-4-12(5-2)14(3)10-13(11-16)6-8-15-9-7-13/h12,16H,4-11H2,1-3H3. The van der Waals surface area contributed by atoms with Gasteiger partial charge in [0.25, 0.3) is 0 Å². The molecule has 0 bridgehead atoms. The third-order valence-corrected chi connectivity index (χ3v) is 4.71. The third-order valence-electron chi connectivity index (χ3n) is 4.04. The van der Waals surface area contributed by atoms with Crippen molar-refractivity contribution in [3.8, 4) is 0 Å². The summed E-state index contributed by atoms with van der Waals surface area (Å²) in [6.45, 7) is 7.56. The molecule has 1 aliphatic rings. The van der Waals surface area contributed by atoms with Crippen molar-refractivity contribution in [3.63, 3.8) is 0 Å². The number of hydrogen-bond donors (Lipinski definition) is 1. The summed E-state index contributed by atoms with van der Waals surface area (Å²) in [5, 5.41) is 0. The summed E-state index contributed by atoms with van der Waals surface area (Å²) in [6, 6.07) is 0.722. The first kappa shape index (κ1) is 14.3. The summed E-state index contributed by atoms with van der Waals surface area (Å²) >= 11 is 4.57. The smallest absolute Gasteiger partial charge is 0.0472 e. The maximum Gasteiger partial charge on any atom is 0.0472 e. The van der Waals surface area contributed by atoms with Gasteiger partial charge in [0.05, 0.1) is 0 Å². The van der Waals surface area contributed by atoms with Crippen molar-refractivity contribution in [1.29, 1.82) is 0 Å². The molecule has 2 nitrogen and oxygen atoms in total. The molecule has 0 saturated carbocycles. The number of thiol groups is 1. The van der Waals surface area contributed by atoms with Crippen molar-refractivity contribution in [1.82, 2.24) is 4.90 Å². The Labute approximate surface area is 106 Å². The van der Waals surface area contributed by atoms with Crippen LogP contribution >= 0.6 is 12.6 Å². The van der Waals surface area contributed by atoms with Crippen molar-refractivity contribution in [3.05, 3.63) is 0 Å². The van der Waals surface area contributed by atoms with E-state index in [4.69, 9.17) is 4.74 Å². The normalized spacial score (nSPS) is 20.6. The minimum atomic E-state index is 0.388. The Morgan fingerprint density at radius 3 is 2.25 bits per heavy atom. The molecule has 1 rings (SSSR count). The molecule has 1 saturated heterocycles. The Morgan fingerprint density at radius 2 is 1.81 bits per heavy atom. The first-order valence-corrected chi connectivity index (χ1v) is 7.19. The van der Waals surface area contributed by atoms with Crippen LogP contribution < -0.4 is 0 Å². The molecule has 0 aliphatic carbocycles. The molecular weight excluding hydrogens is 218 g/mol. The van der Waals surface area contributed by atoms with Gasteiger partial charge in [0.15, 0.2) is 0 Å². The van der Waals surface area contributed by atoms with E-state index < -0.39 is 0 Å². The van der Waals surface area contributed by atoms with Gasteiger partial charge >= 0.3 is 0 Å².